The number of benzene rings is 1. The Morgan fingerprint density at radius 1 is 1.07 bits per heavy atom. The second-order valence-electron chi connectivity index (χ2n) is 9.04. The molecule has 0 bridgehead atoms. The van der Waals surface area contributed by atoms with Gasteiger partial charge in [-0.1, -0.05) is 32.0 Å². The first-order valence-corrected chi connectivity index (χ1v) is 10.9. The minimum Gasteiger partial charge on any atom is -0.341 e. The third-order valence-corrected chi connectivity index (χ3v) is 6.32. The normalized spacial score (nSPS) is 24.9. The van der Waals surface area contributed by atoms with Crippen LogP contribution in [0.25, 0.3) is 0 Å². The number of piperazine rings is 1. The largest absolute Gasteiger partial charge is 0.341 e. The molecule has 3 rings (SSSR count). The van der Waals surface area contributed by atoms with Crippen molar-refractivity contribution in [1.82, 2.24) is 14.7 Å². The standard InChI is InChI=1S/C23H36N4O2/c1-17-13-18(2)15-27(14-17)22(28)16-25-9-11-26(12-10-25)20(4)23(29)24-21-8-6-5-7-19(21)3/h5-8,17-18,20H,9-16H2,1-4H3,(H,24,29)/t17-,18+,20-/m0/s1. The highest BCUT2D eigenvalue weighted by molar-refractivity contribution is 5.95. The number of nitrogens with zero attached hydrogens (tertiary/aromatic N) is 3. The van der Waals surface area contributed by atoms with E-state index in [1.54, 1.807) is 0 Å². The summed E-state index contributed by atoms with van der Waals surface area (Å²) in [5.41, 5.74) is 1.94. The van der Waals surface area contributed by atoms with Gasteiger partial charge in [0, 0.05) is 45.0 Å². The summed E-state index contributed by atoms with van der Waals surface area (Å²) < 4.78 is 0. The van der Waals surface area contributed by atoms with Crippen molar-refractivity contribution in [2.24, 2.45) is 11.8 Å². The molecule has 0 radical (unpaired) electrons. The van der Waals surface area contributed by atoms with Gasteiger partial charge in [0.15, 0.2) is 0 Å². The molecule has 1 N–H and O–H groups in total. The van der Waals surface area contributed by atoms with E-state index in [0.29, 0.717) is 18.4 Å². The predicted octanol–water partition coefficient (Wildman–Crippen LogP) is 2.44. The van der Waals surface area contributed by atoms with E-state index in [1.807, 2.05) is 43.0 Å². The van der Waals surface area contributed by atoms with Crippen molar-refractivity contribution in [2.45, 2.75) is 40.2 Å². The number of anilines is 1. The first-order valence-electron chi connectivity index (χ1n) is 10.9. The van der Waals surface area contributed by atoms with E-state index >= 15 is 0 Å². The first kappa shape index (κ1) is 21.8. The Kier molecular flexibility index (Phi) is 7.30. The van der Waals surface area contributed by atoms with Crippen LogP contribution in [0, 0.1) is 18.8 Å². The van der Waals surface area contributed by atoms with E-state index in [-0.39, 0.29) is 17.9 Å². The zero-order valence-corrected chi connectivity index (χ0v) is 18.4. The molecule has 6 nitrogen and oxygen atoms in total. The lowest BCUT2D eigenvalue weighted by molar-refractivity contribution is -0.136. The Hall–Kier alpha value is -1.92. The molecule has 0 saturated carbocycles. The van der Waals surface area contributed by atoms with Crippen molar-refractivity contribution in [1.29, 1.82) is 0 Å². The number of para-hydroxylation sites is 1. The van der Waals surface area contributed by atoms with Gasteiger partial charge >= 0.3 is 0 Å². The van der Waals surface area contributed by atoms with Crippen LogP contribution in [0.4, 0.5) is 5.69 Å². The van der Waals surface area contributed by atoms with Crippen LogP contribution in [0.5, 0.6) is 0 Å². The molecular weight excluding hydrogens is 364 g/mol. The van der Waals surface area contributed by atoms with E-state index in [2.05, 4.69) is 29.0 Å². The Morgan fingerprint density at radius 3 is 2.31 bits per heavy atom. The number of hydrogen-bond acceptors (Lipinski definition) is 4. The van der Waals surface area contributed by atoms with Crippen molar-refractivity contribution in [3.63, 3.8) is 0 Å². The summed E-state index contributed by atoms with van der Waals surface area (Å²) in [5.74, 6) is 1.46. The maximum absolute atomic E-state index is 12.7. The lowest BCUT2D eigenvalue weighted by Gasteiger charge is -2.39. The number of amides is 2. The zero-order chi connectivity index (χ0) is 21.0. The minimum absolute atomic E-state index is 0.0279. The van der Waals surface area contributed by atoms with Crippen LogP contribution in [0.15, 0.2) is 24.3 Å². The summed E-state index contributed by atoms with van der Waals surface area (Å²) in [5, 5.41) is 3.05. The van der Waals surface area contributed by atoms with Crippen LogP contribution in [0.3, 0.4) is 0 Å². The number of carbonyl (C=O) groups is 2. The first-order chi connectivity index (χ1) is 13.8. The quantitative estimate of drug-likeness (QED) is 0.825. The average Bonchev–Trinajstić information content (AvgIpc) is 2.69. The van der Waals surface area contributed by atoms with Gasteiger partial charge < -0.3 is 10.2 Å². The molecule has 0 spiro atoms. The molecule has 2 aliphatic heterocycles. The van der Waals surface area contributed by atoms with E-state index in [4.69, 9.17) is 0 Å². The number of rotatable bonds is 5. The van der Waals surface area contributed by atoms with Gasteiger partial charge in [0.05, 0.1) is 12.6 Å². The number of carbonyl (C=O) groups excluding carboxylic acids is 2. The number of aryl methyl sites for hydroxylation is 1. The molecular formula is C23H36N4O2. The fourth-order valence-corrected chi connectivity index (χ4v) is 4.58. The fraction of sp³-hybridized carbons (Fsp3) is 0.652. The monoisotopic (exact) mass is 400 g/mol. The van der Waals surface area contributed by atoms with E-state index in [1.165, 1.54) is 6.42 Å². The van der Waals surface area contributed by atoms with Crippen molar-refractivity contribution in [3.05, 3.63) is 29.8 Å². The van der Waals surface area contributed by atoms with Crippen LogP contribution in [-0.4, -0.2) is 78.4 Å². The van der Waals surface area contributed by atoms with Gasteiger partial charge in [0.25, 0.3) is 0 Å². The van der Waals surface area contributed by atoms with Gasteiger partial charge in [-0.3, -0.25) is 19.4 Å². The van der Waals surface area contributed by atoms with Crippen LogP contribution >= 0.6 is 0 Å². The second kappa shape index (κ2) is 9.72. The molecule has 0 unspecified atom stereocenters. The maximum atomic E-state index is 12.7. The number of piperidine rings is 1. The summed E-state index contributed by atoms with van der Waals surface area (Å²) in [6, 6.07) is 7.66. The molecule has 2 heterocycles. The molecule has 0 aliphatic carbocycles. The number of hydrogen-bond donors (Lipinski definition) is 1. The molecule has 1 aromatic rings. The average molecular weight is 401 g/mol. The van der Waals surface area contributed by atoms with Gasteiger partial charge in [-0.2, -0.15) is 0 Å². The Morgan fingerprint density at radius 2 is 1.69 bits per heavy atom. The van der Waals surface area contributed by atoms with Crippen molar-refractivity contribution in [2.75, 3.05) is 51.1 Å². The lowest BCUT2D eigenvalue weighted by atomic mass is 9.92. The molecule has 29 heavy (non-hydrogen) atoms. The topological polar surface area (TPSA) is 55.9 Å². The summed E-state index contributed by atoms with van der Waals surface area (Å²) in [6.07, 6.45) is 1.21. The molecule has 2 saturated heterocycles. The molecule has 1 aromatic carbocycles. The Labute approximate surface area is 175 Å². The van der Waals surface area contributed by atoms with Gasteiger partial charge in [0.1, 0.15) is 0 Å². The summed E-state index contributed by atoms with van der Waals surface area (Å²) in [7, 11) is 0. The smallest absolute Gasteiger partial charge is 0.241 e. The van der Waals surface area contributed by atoms with Crippen molar-refractivity contribution in [3.8, 4) is 0 Å². The van der Waals surface area contributed by atoms with Crippen molar-refractivity contribution >= 4 is 17.5 Å². The number of likely N-dealkylation sites (tertiary alicyclic amines) is 1. The molecule has 6 heteroatoms. The zero-order valence-electron chi connectivity index (χ0n) is 18.4. The molecule has 2 aliphatic rings. The number of nitrogens with one attached hydrogen (secondary N) is 1. The lowest BCUT2D eigenvalue weighted by Crippen LogP contribution is -2.55. The fourth-order valence-electron chi connectivity index (χ4n) is 4.58. The van der Waals surface area contributed by atoms with Crippen LogP contribution < -0.4 is 5.32 Å². The summed E-state index contributed by atoms with van der Waals surface area (Å²) >= 11 is 0. The third kappa shape index (κ3) is 5.80. The third-order valence-electron chi connectivity index (χ3n) is 6.32. The van der Waals surface area contributed by atoms with E-state index in [9.17, 15) is 9.59 Å². The molecule has 2 fully saturated rings. The van der Waals surface area contributed by atoms with E-state index < -0.39 is 0 Å². The predicted molar refractivity (Wildman–Crippen MR) is 117 cm³/mol. The van der Waals surface area contributed by atoms with Crippen LogP contribution in [0.2, 0.25) is 0 Å². The van der Waals surface area contributed by atoms with Crippen molar-refractivity contribution < 1.29 is 9.59 Å². The highest BCUT2D eigenvalue weighted by Crippen LogP contribution is 2.21. The molecule has 160 valence electrons. The van der Waals surface area contributed by atoms with Gasteiger partial charge in [-0.15, -0.1) is 0 Å². The van der Waals surface area contributed by atoms with Gasteiger partial charge in [-0.05, 0) is 43.7 Å². The van der Waals surface area contributed by atoms with E-state index in [0.717, 1.165) is 50.5 Å². The maximum Gasteiger partial charge on any atom is 0.241 e. The van der Waals surface area contributed by atoms with Gasteiger partial charge in [-0.25, -0.2) is 0 Å². The van der Waals surface area contributed by atoms with Gasteiger partial charge in [0.2, 0.25) is 11.8 Å². The Balaban J connectivity index is 1.45. The SMILES string of the molecule is Cc1ccccc1NC(=O)[C@H](C)N1CCN(CC(=O)N2C[C@H](C)C[C@H](C)C2)CC1. The summed E-state index contributed by atoms with van der Waals surface area (Å²) in [4.78, 5) is 31.9. The summed E-state index contributed by atoms with van der Waals surface area (Å²) in [6.45, 7) is 14.0. The molecule has 2 amide bonds. The molecule has 0 aromatic heterocycles. The molecule has 3 atom stereocenters. The highest BCUT2D eigenvalue weighted by Gasteiger charge is 2.29. The minimum atomic E-state index is -0.184. The second-order valence-corrected chi connectivity index (χ2v) is 9.04. The van der Waals surface area contributed by atoms with Crippen LogP contribution in [-0.2, 0) is 9.59 Å². The highest BCUT2D eigenvalue weighted by atomic mass is 16.2. The van der Waals surface area contributed by atoms with Crippen LogP contribution in [0.1, 0.15) is 32.8 Å². The Bertz CT molecular complexity index is 705.